The molecular formula is C34H36N2O6. The lowest BCUT2D eigenvalue weighted by molar-refractivity contribution is -0.107. The number of carbonyl (C=O) groups is 3. The van der Waals surface area contributed by atoms with E-state index in [1.807, 2.05) is 71.6 Å². The number of amides is 1. The average molecular weight is 569 g/mol. The molecule has 0 spiro atoms. The molecule has 0 bridgehead atoms. The van der Waals surface area contributed by atoms with E-state index in [-0.39, 0.29) is 23.6 Å². The largest absolute Gasteiger partial charge is 0.507 e. The van der Waals surface area contributed by atoms with Crippen LogP contribution in [0.5, 0.6) is 17.2 Å². The average Bonchev–Trinajstić information content (AvgIpc) is 3.00. The van der Waals surface area contributed by atoms with Gasteiger partial charge < -0.3 is 30.0 Å². The molecule has 8 nitrogen and oxygen atoms in total. The highest BCUT2D eigenvalue weighted by atomic mass is 16.5. The van der Waals surface area contributed by atoms with Crippen LogP contribution in [0.15, 0.2) is 97.1 Å². The normalized spacial score (nSPS) is 10.1. The number of ether oxygens (including phenoxy) is 1. The lowest BCUT2D eigenvalue weighted by Crippen LogP contribution is -2.25. The first-order valence-corrected chi connectivity index (χ1v) is 13.8. The predicted molar refractivity (Wildman–Crippen MR) is 163 cm³/mol. The van der Waals surface area contributed by atoms with Crippen LogP contribution in [0.3, 0.4) is 0 Å². The Morgan fingerprint density at radius 3 is 2.10 bits per heavy atom. The molecule has 0 aliphatic carbocycles. The maximum absolute atomic E-state index is 12.7. The van der Waals surface area contributed by atoms with E-state index in [4.69, 9.17) is 4.74 Å². The Labute approximate surface area is 246 Å². The molecule has 4 rings (SSSR count). The lowest BCUT2D eigenvalue weighted by Gasteiger charge is -2.25. The number of carboxylic acids is 1. The van der Waals surface area contributed by atoms with Gasteiger partial charge in [0.25, 0.3) is 5.91 Å². The molecule has 0 heterocycles. The van der Waals surface area contributed by atoms with Crippen molar-refractivity contribution in [3.05, 3.63) is 119 Å². The zero-order valence-corrected chi connectivity index (χ0v) is 23.8. The van der Waals surface area contributed by atoms with Gasteiger partial charge in [0.2, 0.25) is 0 Å². The molecule has 0 saturated carbocycles. The number of para-hydroxylation sites is 1. The minimum atomic E-state index is -1.24. The van der Waals surface area contributed by atoms with Crippen LogP contribution in [0.1, 0.15) is 58.5 Å². The van der Waals surface area contributed by atoms with Crippen molar-refractivity contribution in [2.75, 3.05) is 11.4 Å². The molecule has 8 heteroatoms. The van der Waals surface area contributed by atoms with Crippen molar-refractivity contribution in [1.82, 2.24) is 5.32 Å². The zero-order chi connectivity index (χ0) is 30.3. The third-order valence-corrected chi connectivity index (χ3v) is 6.04. The first kappa shape index (κ1) is 31.4. The Balaban J connectivity index is 0.00000155. The molecule has 42 heavy (non-hydrogen) atoms. The second kappa shape index (κ2) is 16.2. The zero-order valence-electron chi connectivity index (χ0n) is 23.8. The third kappa shape index (κ3) is 9.52. The van der Waals surface area contributed by atoms with E-state index in [9.17, 15) is 24.6 Å². The van der Waals surface area contributed by atoms with E-state index < -0.39 is 5.97 Å². The Kier molecular flexibility index (Phi) is 12.1. The summed E-state index contributed by atoms with van der Waals surface area (Å²) in [5, 5.41) is 22.1. The molecule has 4 aromatic rings. The Morgan fingerprint density at radius 1 is 0.857 bits per heavy atom. The SMILES string of the molecule is CCC.O=CCCN(Cc1ccc(C(=O)NCc2ccc(Oc3ccccc3)cc2)cc1)c1ccc(O)c(C(=O)O)c1. The Hall–Kier alpha value is -5.11. The van der Waals surface area contributed by atoms with E-state index in [2.05, 4.69) is 19.2 Å². The minimum Gasteiger partial charge on any atom is -0.507 e. The maximum Gasteiger partial charge on any atom is 0.339 e. The highest BCUT2D eigenvalue weighted by Crippen LogP contribution is 2.26. The predicted octanol–water partition coefficient (Wildman–Crippen LogP) is 6.82. The monoisotopic (exact) mass is 568 g/mol. The summed E-state index contributed by atoms with van der Waals surface area (Å²) in [6.07, 6.45) is 2.30. The molecule has 0 aliphatic heterocycles. The Morgan fingerprint density at radius 2 is 1.48 bits per heavy atom. The van der Waals surface area contributed by atoms with Gasteiger partial charge in [0, 0.05) is 37.3 Å². The molecule has 0 atom stereocenters. The molecule has 3 N–H and O–H groups in total. The smallest absolute Gasteiger partial charge is 0.339 e. The van der Waals surface area contributed by atoms with Gasteiger partial charge in [-0.15, -0.1) is 0 Å². The Bertz CT molecular complexity index is 1440. The number of carboxylic acid groups (broad SMARTS) is 1. The van der Waals surface area contributed by atoms with Gasteiger partial charge in [0.1, 0.15) is 29.1 Å². The van der Waals surface area contributed by atoms with Crippen molar-refractivity contribution < 1.29 is 29.3 Å². The van der Waals surface area contributed by atoms with Crippen LogP contribution in [0.25, 0.3) is 0 Å². The summed E-state index contributed by atoms with van der Waals surface area (Å²) in [5.74, 6) is -0.319. The molecule has 4 aromatic carbocycles. The summed E-state index contributed by atoms with van der Waals surface area (Å²) in [5.41, 5.74) is 2.65. The molecule has 0 saturated heterocycles. The fourth-order valence-corrected chi connectivity index (χ4v) is 3.97. The number of rotatable bonds is 12. The summed E-state index contributed by atoms with van der Waals surface area (Å²) in [6, 6.07) is 28.4. The van der Waals surface area contributed by atoms with Gasteiger partial charge in [0.15, 0.2) is 0 Å². The van der Waals surface area contributed by atoms with Crippen molar-refractivity contribution in [2.45, 2.75) is 39.8 Å². The minimum absolute atomic E-state index is 0.214. The van der Waals surface area contributed by atoms with Crippen LogP contribution in [0, 0.1) is 0 Å². The molecular weight excluding hydrogens is 532 g/mol. The topological polar surface area (TPSA) is 116 Å². The quantitative estimate of drug-likeness (QED) is 0.161. The third-order valence-electron chi connectivity index (χ3n) is 6.04. The molecule has 1 amide bonds. The number of carbonyl (C=O) groups excluding carboxylic acids is 2. The summed E-state index contributed by atoms with van der Waals surface area (Å²) in [7, 11) is 0. The number of aromatic hydroxyl groups is 1. The first-order valence-electron chi connectivity index (χ1n) is 13.8. The van der Waals surface area contributed by atoms with Crippen molar-refractivity contribution in [2.24, 2.45) is 0 Å². The number of anilines is 1. The fourth-order valence-electron chi connectivity index (χ4n) is 3.97. The number of aldehydes is 1. The molecule has 0 unspecified atom stereocenters. The van der Waals surface area contributed by atoms with Gasteiger partial charge in [0.05, 0.1) is 0 Å². The molecule has 0 aromatic heterocycles. The molecule has 218 valence electrons. The standard InChI is InChI=1S/C31H28N2O6.C3H8/c34-18-4-17-33(25-13-16-29(35)28(19-25)31(37)38)21-23-7-11-24(12-8-23)30(36)32-20-22-9-14-27(15-10-22)39-26-5-2-1-3-6-26;1-3-2/h1-3,5-16,18-19,35H,4,17,20-21H2,(H,32,36)(H,37,38);3H2,1-2H3. The second-order valence-corrected chi connectivity index (χ2v) is 9.53. The van der Waals surface area contributed by atoms with Crippen LogP contribution >= 0.6 is 0 Å². The van der Waals surface area contributed by atoms with Crippen molar-refractivity contribution in [1.29, 1.82) is 0 Å². The number of benzene rings is 4. The van der Waals surface area contributed by atoms with Crippen LogP contribution < -0.4 is 15.0 Å². The van der Waals surface area contributed by atoms with Gasteiger partial charge in [-0.1, -0.05) is 62.7 Å². The second-order valence-electron chi connectivity index (χ2n) is 9.53. The maximum atomic E-state index is 12.7. The molecule has 0 fully saturated rings. The van der Waals surface area contributed by atoms with E-state index >= 15 is 0 Å². The van der Waals surface area contributed by atoms with Crippen LogP contribution in [-0.2, 0) is 17.9 Å². The highest BCUT2D eigenvalue weighted by Gasteiger charge is 2.15. The summed E-state index contributed by atoms with van der Waals surface area (Å²) in [4.78, 5) is 36.9. The fraction of sp³-hybridized carbons (Fsp3) is 0.206. The van der Waals surface area contributed by atoms with E-state index in [0.29, 0.717) is 36.6 Å². The van der Waals surface area contributed by atoms with E-state index in [1.165, 1.54) is 18.6 Å². The van der Waals surface area contributed by atoms with Crippen molar-refractivity contribution in [3.63, 3.8) is 0 Å². The van der Waals surface area contributed by atoms with Gasteiger partial charge in [-0.2, -0.15) is 0 Å². The summed E-state index contributed by atoms with van der Waals surface area (Å²) in [6.45, 7) is 5.36. The number of hydrogen-bond donors (Lipinski definition) is 3. The van der Waals surface area contributed by atoms with Crippen LogP contribution in [-0.4, -0.2) is 34.9 Å². The van der Waals surface area contributed by atoms with E-state index in [0.717, 1.165) is 23.2 Å². The molecule has 0 radical (unpaired) electrons. The van der Waals surface area contributed by atoms with Crippen molar-refractivity contribution >= 4 is 23.9 Å². The first-order chi connectivity index (χ1) is 20.3. The van der Waals surface area contributed by atoms with Gasteiger partial charge in [-0.05, 0) is 65.7 Å². The van der Waals surface area contributed by atoms with Crippen LogP contribution in [0.4, 0.5) is 5.69 Å². The van der Waals surface area contributed by atoms with Gasteiger partial charge in [-0.3, -0.25) is 4.79 Å². The summed E-state index contributed by atoms with van der Waals surface area (Å²) < 4.78 is 5.79. The van der Waals surface area contributed by atoms with E-state index in [1.54, 1.807) is 18.2 Å². The highest BCUT2D eigenvalue weighted by molar-refractivity contribution is 5.94. The van der Waals surface area contributed by atoms with Gasteiger partial charge >= 0.3 is 5.97 Å². The number of nitrogens with zero attached hydrogens (tertiary/aromatic N) is 1. The number of nitrogens with one attached hydrogen (secondary N) is 1. The van der Waals surface area contributed by atoms with Crippen molar-refractivity contribution in [3.8, 4) is 17.2 Å². The summed E-state index contributed by atoms with van der Waals surface area (Å²) >= 11 is 0. The number of aromatic carboxylic acids is 1. The van der Waals surface area contributed by atoms with Gasteiger partial charge in [-0.25, -0.2) is 4.79 Å². The molecule has 0 aliphatic rings. The van der Waals surface area contributed by atoms with Crippen LogP contribution in [0.2, 0.25) is 0 Å². The number of hydrogen-bond acceptors (Lipinski definition) is 6. The lowest BCUT2D eigenvalue weighted by atomic mass is 10.1. The number of phenols is 1.